The fourth-order valence-electron chi connectivity index (χ4n) is 3.08. The number of hydrogen-bond donors (Lipinski definition) is 2. The van der Waals surface area contributed by atoms with Crippen LogP contribution in [0.15, 0.2) is 30.3 Å². The fourth-order valence-corrected chi connectivity index (χ4v) is 3.08. The van der Waals surface area contributed by atoms with E-state index >= 15 is 0 Å². The van der Waals surface area contributed by atoms with Crippen LogP contribution in [0.2, 0.25) is 0 Å². The van der Waals surface area contributed by atoms with E-state index in [2.05, 4.69) is 45.4 Å². The molecule has 2 N–H and O–H groups in total. The van der Waals surface area contributed by atoms with Crippen molar-refractivity contribution in [3.63, 3.8) is 0 Å². The summed E-state index contributed by atoms with van der Waals surface area (Å²) in [5.41, 5.74) is 0.804. The van der Waals surface area contributed by atoms with Gasteiger partial charge in [-0.25, -0.2) is 0 Å². The van der Waals surface area contributed by atoms with Gasteiger partial charge >= 0.3 is 0 Å². The van der Waals surface area contributed by atoms with Gasteiger partial charge in [-0.3, -0.25) is 4.90 Å². The first-order valence-corrected chi connectivity index (χ1v) is 7.21. The van der Waals surface area contributed by atoms with Gasteiger partial charge in [-0.1, -0.05) is 18.2 Å². The number of β-amino-alcohol motifs (C(OH)–C–C–N with tert-alkyl or cyclic N) is 1. The van der Waals surface area contributed by atoms with Gasteiger partial charge in [0.2, 0.25) is 0 Å². The Hall–Kier alpha value is -0.230. The van der Waals surface area contributed by atoms with E-state index < -0.39 is 5.60 Å². The lowest BCUT2D eigenvalue weighted by Crippen LogP contribution is -2.52. The van der Waals surface area contributed by atoms with E-state index in [0.29, 0.717) is 0 Å². The highest BCUT2D eigenvalue weighted by Gasteiger charge is 2.33. The first-order chi connectivity index (χ1) is 9.25. The zero-order chi connectivity index (χ0) is 13.1. The van der Waals surface area contributed by atoms with E-state index in [9.17, 15) is 5.11 Å². The monoisotopic (exact) mass is 369 g/mol. The fraction of sp³-hybridized carbons (Fsp3) is 0.600. The minimum Gasteiger partial charge on any atom is -0.387 e. The van der Waals surface area contributed by atoms with Crippen molar-refractivity contribution in [2.75, 3.05) is 50.7 Å². The first-order valence-electron chi connectivity index (χ1n) is 7.21. The highest BCUT2D eigenvalue weighted by Crippen LogP contribution is 2.19. The van der Waals surface area contributed by atoms with Crippen LogP contribution in [0.5, 0.6) is 0 Å². The van der Waals surface area contributed by atoms with Crippen molar-refractivity contribution in [2.45, 2.75) is 12.0 Å². The molecule has 0 spiro atoms. The zero-order valence-electron chi connectivity index (χ0n) is 12.6. The Balaban J connectivity index is 0.00000147. The average Bonchev–Trinajstić information content (AvgIpc) is 2.87. The topological polar surface area (TPSA) is 38.7 Å². The Labute approximate surface area is 151 Å². The second-order valence-corrected chi connectivity index (χ2v) is 5.75. The zero-order valence-corrected chi connectivity index (χ0v) is 15.1. The van der Waals surface area contributed by atoms with Gasteiger partial charge in [0.05, 0.1) is 5.60 Å². The summed E-state index contributed by atoms with van der Waals surface area (Å²) in [6, 6.07) is 10.6. The van der Waals surface area contributed by atoms with Crippen LogP contribution < -0.4 is 10.2 Å². The van der Waals surface area contributed by atoms with Crippen LogP contribution in [-0.2, 0) is 0 Å². The highest BCUT2D eigenvalue weighted by molar-refractivity contribution is 5.86. The molecular formula is C15H26Cl3N3O. The summed E-state index contributed by atoms with van der Waals surface area (Å²) in [4.78, 5) is 4.82. The molecule has 0 aromatic heterocycles. The molecule has 2 heterocycles. The molecule has 2 fully saturated rings. The molecule has 2 saturated heterocycles. The van der Waals surface area contributed by atoms with Gasteiger partial charge in [0.1, 0.15) is 0 Å². The molecule has 0 saturated carbocycles. The largest absolute Gasteiger partial charge is 0.387 e. The summed E-state index contributed by atoms with van der Waals surface area (Å²) in [5, 5.41) is 13.7. The number of benzene rings is 1. The molecule has 0 aliphatic carbocycles. The number of para-hydroxylation sites is 1. The number of aliphatic hydroxyl groups is 1. The smallest absolute Gasteiger partial charge is 0.0909 e. The number of nitrogens with zero attached hydrogens (tertiary/aromatic N) is 2. The molecule has 22 heavy (non-hydrogen) atoms. The Bertz CT molecular complexity index is 408. The van der Waals surface area contributed by atoms with Gasteiger partial charge in [0, 0.05) is 45.0 Å². The second-order valence-electron chi connectivity index (χ2n) is 5.75. The van der Waals surface area contributed by atoms with Crippen molar-refractivity contribution in [1.82, 2.24) is 10.2 Å². The van der Waals surface area contributed by atoms with Crippen molar-refractivity contribution < 1.29 is 5.11 Å². The molecule has 0 bridgehead atoms. The molecule has 128 valence electrons. The third-order valence-electron chi connectivity index (χ3n) is 4.23. The van der Waals surface area contributed by atoms with E-state index in [0.717, 1.165) is 52.2 Å². The van der Waals surface area contributed by atoms with Crippen LogP contribution in [0, 0.1) is 0 Å². The lowest BCUT2D eigenvalue weighted by Gasteiger charge is -2.39. The summed E-state index contributed by atoms with van der Waals surface area (Å²) in [6.45, 7) is 6.67. The van der Waals surface area contributed by atoms with Crippen LogP contribution in [-0.4, -0.2) is 61.4 Å². The van der Waals surface area contributed by atoms with E-state index in [1.807, 2.05) is 0 Å². The standard InChI is InChI=1S/C15H23N3O.3ClH/c19-15(6-7-16-12-15)13-17-8-10-18(11-9-17)14-4-2-1-3-5-14;;;/h1-5,16,19H,6-13H2;3*1H. The maximum Gasteiger partial charge on any atom is 0.0909 e. The Kier molecular flexibility index (Phi) is 9.71. The predicted octanol–water partition coefficient (Wildman–Crippen LogP) is 1.80. The van der Waals surface area contributed by atoms with Crippen LogP contribution in [0.4, 0.5) is 5.69 Å². The summed E-state index contributed by atoms with van der Waals surface area (Å²) in [7, 11) is 0. The van der Waals surface area contributed by atoms with Crippen LogP contribution >= 0.6 is 37.2 Å². The maximum atomic E-state index is 10.4. The second kappa shape index (κ2) is 9.81. The molecule has 7 heteroatoms. The molecule has 0 amide bonds. The molecule has 1 atom stereocenters. The van der Waals surface area contributed by atoms with Crippen molar-refractivity contribution in [3.8, 4) is 0 Å². The van der Waals surface area contributed by atoms with Gasteiger partial charge in [-0.2, -0.15) is 0 Å². The molecule has 1 aromatic carbocycles. The minimum atomic E-state index is -0.505. The number of piperazine rings is 1. The van der Waals surface area contributed by atoms with Gasteiger partial charge < -0.3 is 15.3 Å². The number of halogens is 3. The quantitative estimate of drug-likeness (QED) is 0.851. The molecular weight excluding hydrogens is 345 g/mol. The molecule has 1 unspecified atom stereocenters. The van der Waals surface area contributed by atoms with Crippen LogP contribution in [0.1, 0.15) is 6.42 Å². The molecule has 3 rings (SSSR count). The summed E-state index contributed by atoms with van der Waals surface area (Å²) in [6.07, 6.45) is 0.881. The van der Waals surface area contributed by atoms with Crippen molar-refractivity contribution in [2.24, 2.45) is 0 Å². The van der Waals surface area contributed by atoms with Crippen LogP contribution in [0.3, 0.4) is 0 Å². The van der Waals surface area contributed by atoms with E-state index in [1.54, 1.807) is 0 Å². The summed E-state index contributed by atoms with van der Waals surface area (Å²) in [5.74, 6) is 0. The summed E-state index contributed by atoms with van der Waals surface area (Å²) >= 11 is 0. The van der Waals surface area contributed by atoms with Gasteiger partial charge in [-0.15, -0.1) is 37.2 Å². The third kappa shape index (κ3) is 5.44. The van der Waals surface area contributed by atoms with Crippen molar-refractivity contribution in [3.05, 3.63) is 30.3 Å². The van der Waals surface area contributed by atoms with E-state index in [4.69, 9.17) is 0 Å². The van der Waals surface area contributed by atoms with E-state index in [1.165, 1.54) is 5.69 Å². The van der Waals surface area contributed by atoms with Gasteiger partial charge in [0.15, 0.2) is 0 Å². The number of hydrogen-bond acceptors (Lipinski definition) is 4. The molecule has 0 radical (unpaired) electrons. The first kappa shape index (κ1) is 21.8. The Morgan fingerprint density at radius 2 is 1.64 bits per heavy atom. The Morgan fingerprint density at radius 3 is 2.18 bits per heavy atom. The van der Waals surface area contributed by atoms with Crippen molar-refractivity contribution >= 4 is 42.9 Å². The lowest BCUT2D eigenvalue weighted by atomic mass is 10.0. The number of anilines is 1. The predicted molar refractivity (Wildman–Crippen MR) is 99.3 cm³/mol. The van der Waals surface area contributed by atoms with Gasteiger partial charge in [-0.05, 0) is 25.1 Å². The number of nitrogens with one attached hydrogen (secondary N) is 1. The molecule has 4 nitrogen and oxygen atoms in total. The third-order valence-corrected chi connectivity index (χ3v) is 4.23. The van der Waals surface area contributed by atoms with Crippen molar-refractivity contribution in [1.29, 1.82) is 0 Å². The maximum absolute atomic E-state index is 10.4. The Morgan fingerprint density at radius 1 is 1.00 bits per heavy atom. The minimum absolute atomic E-state index is 0. The van der Waals surface area contributed by atoms with Crippen LogP contribution in [0.25, 0.3) is 0 Å². The molecule has 2 aliphatic rings. The van der Waals surface area contributed by atoms with Gasteiger partial charge in [0.25, 0.3) is 0 Å². The highest BCUT2D eigenvalue weighted by atomic mass is 35.5. The molecule has 1 aromatic rings. The lowest BCUT2D eigenvalue weighted by molar-refractivity contribution is 0.0193. The van der Waals surface area contributed by atoms with E-state index in [-0.39, 0.29) is 37.2 Å². The average molecular weight is 371 g/mol. The normalized spacial score (nSPS) is 24.9. The molecule has 2 aliphatic heterocycles. The summed E-state index contributed by atoms with van der Waals surface area (Å²) < 4.78 is 0. The SMILES string of the molecule is Cl.Cl.Cl.OC1(CN2CCN(c3ccccc3)CC2)CCNC1. The number of rotatable bonds is 3.